The Kier molecular flexibility index (Phi) is 3.06. The maximum absolute atomic E-state index is 13.0. The van der Waals surface area contributed by atoms with Gasteiger partial charge < -0.3 is 19.4 Å². The lowest BCUT2D eigenvalue weighted by Gasteiger charge is -2.23. The van der Waals surface area contributed by atoms with Crippen LogP contribution in [-0.2, 0) is 4.79 Å². The van der Waals surface area contributed by atoms with Gasteiger partial charge in [0.1, 0.15) is 11.1 Å². The fourth-order valence-corrected chi connectivity index (χ4v) is 4.26. The summed E-state index contributed by atoms with van der Waals surface area (Å²) in [7, 11) is 0. The van der Waals surface area contributed by atoms with Crippen molar-refractivity contribution in [3.63, 3.8) is 0 Å². The maximum Gasteiger partial charge on any atom is 0.311 e. The second-order valence-electron chi connectivity index (χ2n) is 6.68. The quantitative estimate of drug-likeness (QED) is 0.852. The van der Waals surface area contributed by atoms with Crippen LogP contribution in [0, 0.1) is 18.3 Å². The molecule has 3 heterocycles. The number of rotatable bonds is 2. The van der Waals surface area contributed by atoms with Gasteiger partial charge in [-0.2, -0.15) is 0 Å². The van der Waals surface area contributed by atoms with Crippen LogP contribution in [0.15, 0.2) is 15.5 Å². The molecule has 126 valence electrons. The molecule has 0 bridgehead atoms. The predicted octanol–water partition coefficient (Wildman–Crippen LogP) is 1.15. The SMILES string of the molecule is Cc1oc2nc[nH]c(=O)c2c1C(=O)N1C[C@@H]2CCC[C@@]2(C(=O)O)C1. The third-order valence-corrected chi connectivity index (χ3v) is 5.47. The number of nitrogens with one attached hydrogen (secondary N) is 1. The van der Waals surface area contributed by atoms with Crippen LogP contribution in [0.1, 0.15) is 35.4 Å². The minimum Gasteiger partial charge on any atom is -0.481 e. The lowest BCUT2D eigenvalue weighted by atomic mass is 9.81. The average molecular weight is 331 g/mol. The lowest BCUT2D eigenvalue weighted by molar-refractivity contribution is -0.149. The third-order valence-electron chi connectivity index (χ3n) is 5.47. The van der Waals surface area contributed by atoms with Crippen LogP contribution in [0.3, 0.4) is 0 Å². The first kappa shape index (κ1) is 14.9. The second-order valence-corrected chi connectivity index (χ2v) is 6.68. The van der Waals surface area contributed by atoms with Crippen LogP contribution in [0.25, 0.3) is 11.1 Å². The Labute approximate surface area is 136 Å². The van der Waals surface area contributed by atoms with E-state index in [-0.39, 0.29) is 35.0 Å². The molecule has 0 spiro atoms. The number of amides is 1. The van der Waals surface area contributed by atoms with E-state index in [4.69, 9.17) is 4.42 Å². The van der Waals surface area contributed by atoms with Gasteiger partial charge in [0.15, 0.2) is 0 Å². The molecule has 2 fully saturated rings. The van der Waals surface area contributed by atoms with Crippen LogP contribution < -0.4 is 5.56 Å². The van der Waals surface area contributed by atoms with Crippen molar-refractivity contribution < 1.29 is 19.1 Å². The standard InChI is InChI=1S/C16H17N3O5/c1-8-10(11-12(20)17-7-18-13(11)24-8)14(21)19-5-9-3-2-4-16(9,6-19)15(22)23/h7,9H,2-6H2,1H3,(H,22,23)(H,17,18,20)/t9-,16+/m0/s1. The summed E-state index contributed by atoms with van der Waals surface area (Å²) in [6, 6.07) is 0. The molecule has 1 aliphatic heterocycles. The van der Waals surface area contributed by atoms with Crippen molar-refractivity contribution in [3.8, 4) is 0 Å². The number of carbonyl (C=O) groups is 2. The normalized spacial score (nSPS) is 26.0. The minimum atomic E-state index is -0.853. The predicted molar refractivity (Wildman–Crippen MR) is 82.7 cm³/mol. The number of fused-ring (bicyclic) bond motifs is 2. The zero-order valence-electron chi connectivity index (χ0n) is 13.2. The summed E-state index contributed by atoms with van der Waals surface area (Å²) in [5.41, 5.74) is -0.993. The van der Waals surface area contributed by atoms with Crippen LogP contribution in [-0.4, -0.2) is 44.9 Å². The van der Waals surface area contributed by atoms with Crippen molar-refractivity contribution in [1.29, 1.82) is 0 Å². The number of carboxylic acids is 1. The molecule has 0 aromatic carbocycles. The maximum atomic E-state index is 13.0. The molecule has 0 radical (unpaired) electrons. The third kappa shape index (κ3) is 1.85. The molecule has 24 heavy (non-hydrogen) atoms. The molecule has 8 heteroatoms. The number of nitrogens with zero attached hydrogens (tertiary/aromatic N) is 2. The number of aliphatic carboxylic acids is 1. The largest absolute Gasteiger partial charge is 0.481 e. The van der Waals surface area contributed by atoms with E-state index in [1.54, 1.807) is 11.8 Å². The highest BCUT2D eigenvalue weighted by Gasteiger charge is 2.56. The van der Waals surface area contributed by atoms with E-state index in [1.165, 1.54) is 6.33 Å². The molecule has 2 N–H and O–H groups in total. The first-order valence-corrected chi connectivity index (χ1v) is 7.93. The first-order valence-electron chi connectivity index (χ1n) is 7.93. The van der Waals surface area contributed by atoms with E-state index in [0.29, 0.717) is 18.7 Å². The Balaban J connectivity index is 1.75. The number of hydrogen-bond donors (Lipinski definition) is 2. The summed E-state index contributed by atoms with van der Waals surface area (Å²) >= 11 is 0. The Bertz CT molecular complexity index is 914. The molecule has 1 amide bonds. The smallest absolute Gasteiger partial charge is 0.311 e. The van der Waals surface area contributed by atoms with Gasteiger partial charge >= 0.3 is 5.97 Å². The van der Waals surface area contributed by atoms with Gasteiger partial charge in [-0.15, -0.1) is 0 Å². The Hall–Kier alpha value is -2.64. The van der Waals surface area contributed by atoms with Gasteiger partial charge in [0.05, 0.1) is 17.3 Å². The van der Waals surface area contributed by atoms with Crippen molar-refractivity contribution in [2.45, 2.75) is 26.2 Å². The molecule has 2 aliphatic rings. The first-order chi connectivity index (χ1) is 11.4. The number of carboxylic acid groups (broad SMARTS) is 1. The number of hydrogen-bond acceptors (Lipinski definition) is 5. The van der Waals surface area contributed by atoms with Crippen molar-refractivity contribution in [3.05, 3.63) is 28.0 Å². The van der Waals surface area contributed by atoms with Gasteiger partial charge in [-0.25, -0.2) is 4.98 Å². The van der Waals surface area contributed by atoms with Crippen LogP contribution in [0.5, 0.6) is 0 Å². The van der Waals surface area contributed by atoms with Gasteiger partial charge in [0.2, 0.25) is 5.71 Å². The molecule has 2 aromatic rings. The number of H-pyrrole nitrogens is 1. The molecule has 8 nitrogen and oxygen atoms in total. The molecular formula is C16H17N3O5. The average Bonchev–Trinajstić information content (AvgIpc) is 3.16. The van der Waals surface area contributed by atoms with Gasteiger partial charge in [0, 0.05) is 13.1 Å². The van der Waals surface area contributed by atoms with E-state index >= 15 is 0 Å². The Morgan fingerprint density at radius 3 is 3.00 bits per heavy atom. The number of likely N-dealkylation sites (tertiary alicyclic amines) is 1. The van der Waals surface area contributed by atoms with Crippen molar-refractivity contribution in [1.82, 2.24) is 14.9 Å². The zero-order valence-corrected chi connectivity index (χ0v) is 13.2. The summed E-state index contributed by atoms with van der Waals surface area (Å²) in [5.74, 6) is -0.914. The van der Waals surface area contributed by atoms with Crippen LogP contribution in [0.4, 0.5) is 0 Å². The lowest BCUT2D eigenvalue weighted by Crippen LogP contribution is -2.37. The van der Waals surface area contributed by atoms with E-state index < -0.39 is 16.9 Å². The van der Waals surface area contributed by atoms with Gasteiger partial charge in [-0.1, -0.05) is 6.42 Å². The summed E-state index contributed by atoms with van der Waals surface area (Å²) in [6.07, 6.45) is 3.49. The number of aromatic amines is 1. The van der Waals surface area contributed by atoms with Crippen LogP contribution in [0.2, 0.25) is 0 Å². The monoisotopic (exact) mass is 331 g/mol. The molecule has 4 rings (SSSR count). The topological polar surface area (TPSA) is 117 Å². The second kappa shape index (κ2) is 4.93. The Morgan fingerprint density at radius 1 is 1.50 bits per heavy atom. The van der Waals surface area contributed by atoms with E-state index in [2.05, 4.69) is 9.97 Å². The van der Waals surface area contributed by atoms with Crippen molar-refractivity contribution in [2.24, 2.45) is 11.3 Å². The van der Waals surface area contributed by atoms with E-state index in [9.17, 15) is 19.5 Å². The van der Waals surface area contributed by atoms with Gasteiger partial charge in [0.25, 0.3) is 11.5 Å². The van der Waals surface area contributed by atoms with E-state index in [1.807, 2.05) is 0 Å². The molecule has 2 atom stereocenters. The fourth-order valence-electron chi connectivity index (χ4n) is 4.26. The molecule has 1 aliphatic carbocycles. The minimum absolute atomic E-state index is 0.0335. The number of aryl methyl sites for hydroxylation is 1. The number of carbonyl (C=O) groups excluding carboxylic acids is 1. The van der Waals surface area contributed by atoms with Crippen LogP contribution >= 0.6 is 0 Å². The van der Waals surface area contributed by atoms with Gasteiger partial charge in [-0.05, 0) is 25.7 Å². The Morgan fingerprint density at radius 2 is 2.29 bits per heavy atom. The summed E-state index contributed by atoms with van der Waals surface area (Å²) in [4.78, 5) is 44.8. The highest BCUT2D eigenvalue weighted by Crippen LogP contribution is 2.49. The van der Waals surface area contributed by atoms with E-state index in [0.717, 1.165) is 12.8 Å². The zero-order chi connectivity index (χ0) is 17.1. The highest BCUT2D eigenvalue weighted by atomic mass is 16.4. The van der Waals surface area contributed by atoms with Crippen molar-refractivity contribution in [2.75, 3.05) is 13.1 Å². The molecule has 2 aromatic heterocycles. The van der Waals surface area contributed by atoms with Gasteiger partial charge in [-0.3, -0.25) is 14.4 Å². The molecule has 1 saturated carbocycles. The van der Waals surface area contributed by atoms with Crippen molar-refractivity contribution >= 4 is 23.0 Å². The summed E-state index contributed by atoms with van der Waals surface area (Å²) < 4.78 is 5.43. The molecule has 1 saturated heterocycles. The molecular weight excluding hydrogens is 314 g/mol. The fraction of sp³-hybridized carbons (Fsp3) is 0.500. The number of aromatic nitrogens is 2. The molecule has 0 unspecified atom stereocenters. The summed E-state index contributed by atoms with van der Waals surface area (Å²) in [6.45, 7) is 2.18. The summed E-state index contributed by atoms with van der Waals surface area (Å²) in [5, 5.41) is 9.78. The number of furan rings is 1. The highest BCUT2D eigenvalue weighted by molar-refractivity contribution is 6.06.